The Morgan fingerprint density at radius 1 is 1.08 bits per heavy atom. The lowest BCUT2D eigenvalue weighted by molar-refractivity contribution is -0.118. The number of hydrogen-bond donors (Lipinski definition) is 1. The van der Waals surface area contributed by atoms with Gasteiger partial charge in [0.05, 0.1) is 7.11 Å². The number of likely N-dealkylation sites (tertiary alicyclic amines) is 1. The van der Waals surface area contributed by atoms with Crippen molar-refractivity contribution >= 4 is 11.5 Å². The maximum atomic E-state index is 12.8. The van der Waals surface area contributed by atoms with Gasteiger partial charge >= 0.3 is 0 Å². The van der Waals surface area contributed by atoms with E-state index in [0.29, 0.717) is 12.2 Å². The first-order valence-electron chi connectivity index (χ1n) is 9.35. The number of anilines is 1. The minimum absolute atomic E-state index is 0.0112. The van der Waals surface area contributed by atoms with Crippen LogP contribution in [0.4, 0.5) is 5.69 Å². The summed E-state index contributed by atoms with van der Waals surface area (Å²) in [5.74, 6) is 1.14. The fraction of sp³-hybridized carbons (Fsp3) is 0.571. The van der Waals surface area contributed by atoms with E-state index in [0.717, 1.165) is 48.8 Å². The smallest absolute Gasteiger partial charge is 0.162 e. The quantitative estimate of drug-likeness (QED) is 0.869. The zero-order valence-electron chi connectivity index (χ0n) is 15.7. The van der Waals surface area contributed by atoms with Crippen molar-refractivity contribution in [1.82, 2.24) is 4.90 Å². The summed E-state index contributed by atoms with van der Waals surface area (Å²) in [7, 11) is 1.67. The number of nitrogens with zero attached hydrogens (tertiary/aromatic N) is 1. The number of benzene rings is 1. The van der Waals surface area contributed by atoms with Gasteiger partial charge in [0.1, 0.15) is 5.75 Å². The van der Waals surface area contributed by atoms with Gasteiger partial charge in [-0.05, 0) is 62.0 Å². The summed E-state index contributed by atoms with van der Waals surface area (Å²) in [6.45, 7) is 7.36. The maximum Gasteiger partial charge on any atom is 0.162 e. The van der Waals surface area contributed by atoms with Gasteiger partial charge in [-0.1, -0.05) is 20.3 Å². The topological polar surface area (TPSA) is 41.6 Å². The molecule has 1 aliphatic heterocycles. The fourth-order valence-electron chi connectivity index (χ4n) is 3.85. The average Bonchev–Trinajstić information content (AvgIpc) is 2.59. The standard InChI is InChI=1S/C21H30N2O2/c1-21(2)13-19(22-16-7-9-17(25-3)10-8-16)18(20(24)14-21)15-23-11-5-4-6-12-23/h7-10,22H,4-6,11-15H2,1-3H3. The molecule has 4 heteroatoms. The first-order valence-corrected chi connectivity index (χ1v) is 9.35. The van der Waals surface area contributed by atoms with Crippen LogP contribution in [0.3, 0.4) is 0 Å². The molecule has 4 nitrogen and oxygen atoms in total. The number of ketones is 1. The van der Waals surface area contributed by atoms with E-state index in [1.807, 2.05) is 24.3 Å². The predicted molar refractivity (Wildman–Crippen MR) is 102 cm³/mol. The van der Waals surface area contributed by atoms with Gasteiger partial charge in [-0.25, -0.2) is 0 Å². The van der Waals surface area contributed by atoms with Crippen molar-refractivity contribution in [2.45, 2.75) is 46.0 Å². The van der Waals surface area contributed by atoms with Crippen molar-refractivity contribution in [3.63, 3.8) is 0 Å². The van der Waals surface area contributed by atoms with Crippen LogP contribution in [0.5, 0.6) is 5.75 Å². The summed E-state index contributed by atoms with van der Waals surface area (Å²) in [4.78, 5) is 15.3. The Labute approximate surface area is 151 Å². The molecule has 1 heterocycles. The Kier molecular flexibility index (Phi) is 5.48. The van der Waals surface area contributed by atoms with Crippen molar-refractivity contribution in [3.8, 4) is 5.75 Å². The second kappa shape index (κ2) is 7.61. The zero-order chi connectivity index (χ0) is 17.9. The molecular weight excluding hydrogens is 312 g/mol. The maximum absolute atomic E-state index is 12.8. The van der Waals surface area contributed by atoms with E-state index >= 15 is 0 Å². The summed E-state index contributed by atoms with van der Waals surface area (Å²) in [6.07, 6.45) is 5.35. The molecule has 0 aromatic heterocycles. The van der Waals surface area contributed by atoms with E-state index < -0.39 is 0 Å². The Morgan fingerprint density at radius 2 is 1.76 bits per heavy atom. The van der Waals surface area contributed by atoms with E-state index in [2.05, 4.69) is 24.1 Å². The Bertz CT molecular complexity index is 640. The van der Waals surface area contributed by atoms with Crippen LogP contribution in [-0.2, 0) is 4.79 Å². The van der Waals surface area contributed by atoms with E-state index in [1.165, 1.54) is 19.3 Å². The number of carbonyl (C=O) groups is 1. The van der Waals surface area contributed by atoms with Crippen molar-refractivity contribution in [3.05, 3.63) is 35.5 Å². The highest BCUT2D eigenvalue weighted by Crippen LogP contribution is 2.37. The summed E-state index contributed by atoms with van der Waals surface area (Å²) in [6, 6.07) is 7.92. The van der Waals surface area contributed by atoms with Crippen molar-refractivity contribution in [2.24, 2.45) is 5.41 Å². The molecule has 25 heavy (non-hydrogen) atoms. The van der Waals surface area contributed by atoms with Crippen LogP contribution in [0.15, 0.2) is 35.5 Å². The molecule has 1 N–H and O–H groups in total. The number of methoxy groups -OCH3 is 1. The van der Waals surface area contributed by atoms with Gasteiger partial charge in [-0.3, -0.25) is 9.69 Å². The highest BCUT2D eigenvalue weighted by atomic mass is 16.5. The van der Waals surface area contributed by atoms with Crippen LogP contribution in [0.25, 0.3) is 0 Å². The third-order valence-electron chi connectivity index (χ3n) is 5.21. The monoisotopic (exact) mass is 342 g/mol. The molecule has 1 aliphatic carbocycles. The zero-order valence-corrected chi connectivity index (χ0v) is 15.7. The van der Waals surface area contributed by atoms with Gasteiger partial charge < -0.3 is 10.1 Å². The van der Waals surface area contributed by atoms with Crippen LogP contribution < -0.4 is 10.1 Å². The first kappa shape index (κ1) is 18.0. The molecular formula is C21H30N2O2. The minimum Gasteiger partial charge on any atom is -0.497 e. The number of piperidine rings is 1. The molecule has 0 atom stereocenters. The highest BCUT2D eigenvalue weighted by molar-refractivity contribution is 5.98. The lowest BCUT2D eigenvalue weighted by Crippen LogP contribution is -2.37. The van der Waals surface area contributed by atoms with Gasteiger partial charge in [0.15, 0.2) is 5.78 Å². The Balaban J connectivity index is 1.83. The number of nitrogens with one attached hydrogen (secondary N) is 1. The van der Waals surface area contributed by atoms with Gasteiger partial charge in [-0.15, -0.1) is 0 Å². The van der Waals surface area contributed by atoms with Crippen molar-refractivity contribution in [1.29, 1.82) is 0 Å². The van der Waals surface area contributed by atoms with Crippen LogP contribution in [0.1, 0.15) is 46.0 Å². The van der Waals surface area contributed by atoms with Gasteiger partial charge in [0, 0.05) is 29.9 Å². The molecule has 2 aliphatic rings. The van der Waals surface area contributed by atoms with Crippen LogP contribution >= 0.6 is 0 Å². The molecule has 1 fully saturated rings. The second-order valence-corrected chi connectivity index (χ2v) is 8.09. The SMILES string of the molecule is COc1ccc(NC2=C(CN3CCCCC3)C(=O)CC(C)(C)C2)cc1. The summed E-state index contributed by atoms with van der Waals surface area (Å²) in [5.41, 5.74) is 3.10. The molecule has 136 valence electrons. The number of ether oxygens (including phenoxy) is 1. The van der Waals surface area contributed by atoms with E-state index in [4.69, 9.17) is 4.74 Å². The second-order valence-electron chi connectivity index (χ2n) is 8.09. The molecule has 0 saturated carbocycles. The number of allylic oxidation sites excluding steroid dienone is 1. The van der Waals surface area contributed by atoms with Gasteiger partial charge in [0.2, 0.25) is 0 Å². The Hall–Kier alpha value is -1.81. The lowest BCUT2D eigenvalue weighted by Gasteiger charge is -2.35. The molecule has 1 saturated heterocycles. The van der Waals surface area contributed by atoms with E-state index in [-0.39, 0.29) is 5.41 Å². The van der Waals surface area contributed by atoms with Gasteiger partial charge in [-0.2, -0.15) is 0 Å². The molecule has 0 bridgehead atoms. The van der Waals surface area contributed by atoms with E-state index in [1.54, 1.807) is 7.11 Å². The van der Waals surface area contributed by atoms with Crippen LogP contribution in [0, 0.1) is 5.41 Å². The molecule has 0 radical (unpaired) electrons. The highest BCUT2D eigenvalue weighted by Gasteiger charge is 2.33. The largest absolute Gasteiger partial charge is 0.497 e. The van der Waals surface area contributed by atoms with E-state index in [9.17, 15) is 4.79 Å². The molecule has 1 aromatic carbocycles. The average molecular weight is 342 g/mol. The Morgan fingerprint density at radius 3 is 2.40 bits per heavy atom. The minimum atomic E-state index is 0.0112. The number of hydrogen-bond acceptors (Lipinski definition) is 4. The van der Waals surface area contributed by atoms with Gasteiger partial charge in [0.25, 0.3) is 0 Å². The molecule has 1 aromatic rings. The fourth-order valence-corrected chi connectivity index (χ4v) is 3.85. The van der Waals surface area contributed by atoms with Crippen molar-refractivity contribution in [2.75, 3.05) is 32.1 Å². The van der Waals surface area contributed by atoms with Crippen LogP contribution in [0.2, 0.25) is 0 Å². The molecule has 0 spiro atoms. The van der Waals surface area contributed by atoms with Crippen LogP contribution in [-0.4, -0.2) is 37.4 Å². The first-order chi connectivity index (χ1) is 12.0. The molecule has 3 rings (SSSR count). The summed E-state index contributed by atoms with van der Waals surface area (Å²) < 4.78 is 5.23. The third kappa shape index (κ3) is 4.63. The molecule has 0 unspecified atom stereocenters. The third-order valence-corrected chi connectivity index (χ3v) is 5.21. The summed E-state index contributed by atoms with van der Waals surface area (Å²) >= 11 is 0. The predicted octanol–water partition coefficient (Wildman–Crippen LogP) is 4.24. The number of carbonyl (C=O) groups excluding carboxylic acids is 1. The number of Topliss-reactive ketones (excluding diaryl/α,β-unsaturated/α-hetero) is 1. The molecule has 0 amide bonds. The summed E-state index contributed by atoms with van der Waals surface area (Å²) in [5, 5.41) is 3.53. The normalized spacial score (nSPS) is 21.3. The van der Waals surface area contributed by atoms with Crippen molar-refractivity contribution < 1.29 is 9.53 Å². The lowest BCUT2D eigenvalue weighted by atomic mass is 9.75. The number of rotatable bonds is 5.